The van der Waals surface area contributed by atoms with Crippen LogP contribution in [0.5, 0.6) is 0 Å². The molecule has 0 amide bonds. The molecule has 1 aliphatic carbocycles. The van der Waals surface area contributed by atoms with Crippen molar-refractivity contribution in [1.82, 2.24) is 19.3 Å². The van der Waals surface area contributed by atoms with E-state index in [0.29, 0.717) is 11.9 Å². The molecule has 0 atom stereocenters. The summed E-state index contributed by atoms with van der Waals surface area (Å²) in [5.74, 6) is 1.78. The SMILES string of the molecule is CCn1nc(C)c2nc(CCCl)n(C3CCCCCC3)c21. The van der Waals surface area contributed by atoms with Crippen LogP contribution in [0.3, 0.4) is 0 Å². The second kappa shape index (κ2) is 6.39. The zero-order valence-electron chi connectivity index (χ0n) is 13.1. The van der Waals surface area contributed by atoms with Crippen molar-refractivity contribution in [2.24, 2.45) is 0 Å². The van der Waals surface area contributed by atoms with Gasteiger partial charge in [-0.05, 0) is 26.7 Å². The van der Waals surface area contributed by atoms with Gasteiger partial charge in [0, 0.05) is 24.9 Å². The Morgan fingerprint density at radius 1 is 1.19 bits per heavy atom. The van der Waals surface area contributed by atoms with Crippen LogP contribution in [0.1, 0.15) is 63.0 Å². The average Bonchev–Trinajstić information content (AvgIpc) is 2.85. The molecule has 0 radical (unpaired) electrons. The summed E-state index contributed by atoms with van der Waals surface area (Å²) < 4.78 is 4.58. The third kappa shape index (κ3) is 2.70. The number of rotatable bonds is 4. The van der Waals surface area contributed by atoms with Gasteiger partial charge >= 0.3 is 0 Å². The summed E-state index contributed by atoms with van der Waals surface area (Å²) in [6, 6.07) is 0.567. The Labute approximate surface area is 131 Å². The highest BCUT2D eigenvalue weighted by molar-refractivity contribution is 6.17. The zero-order valence-corrected chi connectivity index (χ0v) is 13.9. The summed E-state index contributed by atoms with van der Waals surface area (Å²) in [4.78, 5) is 4.87. The summed E-state index contributed by atoms with van der Waals surface area (Å²) in [5, 5.41) is 4.65. The van der Waals surface area contributed by atoms with Gasteiger partial charge in [-0.1, -0.05) is 25.7 Å². The summed E-state index contributed by atoms with van der Waals surface area (Å²) in [6.45, 7) is 5.10. The molecule has 21 heavy (non-hydrogen) atoms. The average molecular weight is 309 g/mol. The molecule has 0 bridgehead atoms. The number of aromatic nitrogens is 4. The molecule has 0 unspecified atom stereocenters. The Kier molecular flexibility index (Phi) is 4.53. The van der Waals surface area contributed by atoms with Gasteiger partial charge in [-0.15, -0.1) is 11.6 Å². The first-order valence-corrected chi connectivity index (χ1v) is 8.80. The van der Waals surface area contributed by atoms with Crippen molar-refractivity contribution >= 4 is 22.8 Å². The maximum absolute atomic E-state index is 6.01. The highest BCUT2D eigenvalue weighted by atomic mass is 35.5. The van der Waals surface area contributed by atoms with Crippen molar-refractivity contribution in [2.75, 3.05) is 5.88 Å². The lowest BCUT2D eigenvalue weighted by atomic mass is 10.1. The summed E-state index contributed by atoms with van der Waals surface area (Å²) in [6.07, 6.45) is 8.74. The first-order chi connectivity index (χ1) is 10.3. The van der Waals surface area contributed by atoms with Gasteiger partial charge in [-0.25, -0.2) is 9.67 Å². The molecule has 1 aliphatic rings. The quantitative estimate of drug-likeness (QED) is 0.625. The second-order valence-corrected chi connectivity index (χ2v) is 6.43. The maximum Gasteiger partial charge on any atom is 0.159 e. The number of fused-ring (bicyclic) bond motifs is 1. The van der Waals surface area contributed by atoms with E-state index in [-0.39, 0.29) is 0 Å². The monoisotopic (exact) mass is 308 g/mol. The fourth-order valence-electron chi connectivity index (χ4n) is 3.62. The largest absolute Gasteiger partial charge is 0.310 e. The van der Waals surface area contributed by atoms with E-state index in [9.17, 15) is 0 Å². The molecule has 116 valence electrons. The molecule has 4 nitrogen and oxygen atoms in total. The van der Waals surface area contributed by atoms with Crippen LogP contribution in [0.15, 0.2) is 0 Å². The minimum atomic E-state index is 0.567. The van der Waals surface area contributed by atoms with Crippen LogP contribution < -0.4 is 0 Å². The molecule has 0 saturated heterocycles. The molecule has 2 heterocycles. The number of alkyl halides is 1. The topological polar surface area (TPSA) is 35.6 Å². The lowest BCUT2D eigenvalue weighted by Gasteiger charge is -2.20. The molecule has 0 N–H and O–H groups in total. The van der Waals surface area contributed by atoms with Crippen LogP contribution in [0.2, 0.25) is 0 Å². The lowest BCUT2D eigenvalue weighted by molar-refractivity contribution is 0.432. The van der Waals surface area contributed by atoms with Crippen LogP contribution in [-0.2, 0) is 13.0 Å². The minimum absolute atomic E-state index is 0.567. The number of nitrogens with zero attached hydrogens (tertiary/aromatic N) is 4. The van der Waals surface area contributed by atoms with Crippen LogP contribution in [0, 0.1) is 6.92 Å². The molecule has 5 heteroatoms. The lowest BCUT2D eigenvalue weighted by Crippen LogP contribution is -2.15. The Bertz CT molecular complexity index is 605. The number of hydrogen-bond donors (Lipinski definition) is 0. The molecule has 3 rings (SSSR count). The third-order valence-electron chi connectivity index (χ3n) is 4.62. The molecular formula is C16H25ClN4. The first kappa shape index (κ1) is 14.9. The van der Waals surface area contributed by atoms with E-state index in [0.717, 1.165) is 30.0 Å². The van der Waals surface area contributed by atoms with Gasteiger partial charge in [0.05, 0.1) is 5.69 Å². The van der Waals surface area contributed by atoms with Crippen LogP contribution in [-0.4, -0.2) is 25.2 Å². The smallest absolute Gasteiger partial charge is 0.159 e. The van der Waals surface area contributed by atoms with E-state index in [2.05, 4.69) is 28.2 Å². The molecule has 2 aromatic rings. The number of hydrogen-bond acceptors (Lipinski definition) is 2. The summed E-state index contributed by atoms with van der Waals surface area (Å²) >= 11 is 6.01. The second-order valence-electron chi connectivity index (χ2n) is 6.06. The molecule has 0 aliphatic heterocycles. The van der Waals surface area contributed by atoms with Gasteiger partial charge in [0.25, 0.3) is 0 Å². The Balaban J connectivity index is 2.13. The van der Waals surface area contributed by atoms with Crippen molar-refractivity contribution in [3.05, 3.63) is 11.5 Å². The van der Waals surface area contributed by atoms with Crippen LogP contribution >= 0.6 is 11.6 Å². The van der Waals surface area contributed by atoms with E-state index in [4.69, 9.17) is 16.6 Å². The van der Waals surface area contributed by atoms with E-state index in [1.165, 1.54) is 44.2 Å². The van der Waals surface area contributed by atoms with Crippen molar-refractivity contribution in [3.8, 4) is 0 Å². The maximum atomic E-state index is 6.01. The number of imidazole rings is 1. The zero-order chi connectivity index (χ0) is 14.8. The van der Waals surface area contributed by atoms with Gasteiger partial charge in [-0.3, -0.25) is 0 Å². The molecule has 1 saturated carbocycles. The van der Waals surface area contributed by atoms with E-state index in [1.807, 2.05) is 0 Å². The Morgan fingerprint density at radius 3 is 2.52 bits per heavy atom. The van der Waals surface area contributed by atoms with Crippen molar-refractivity contribution < 1.29 is 0 Å². The van der Waals surface area contributed by atoms with Gasteiger partial charge in [0.15, 0.2) is 5.65 Å². The van der Waals surface area contributed by atoms with Crippen LogP contribution in [0.4, 0.5) is 0 Å². The first-order valence-electron chi connectivity index (χ1n) is 8.26. The fourth-order valence-corrected chi connectivity index (χ4v) is 3.78. The molecule has 0 spiro atoms. The van der Waals surface area contributed by atoms with Gasteiger partial charge in [0.2, 0.25) is 0 Å². The third-order valence-corrected chi connectivity index (χ3v) is 4.81. The molecule has 2 aromatic heterocycles. The highest BCUT2D eigenvalue weighted by Gasteiger charge is 2.24. The summed E-state index contributed by atoms with van der Waals surface area (Å²) in [5.41, 5.74) is 3.32. The molecular weight excluding hydrogens is 284 g/mol. The van der Waals surface area contributed by atoms with Gasteiger partial charge in [-0.2, -0.15) is 5.10 Å². The standard InChI is InChI=1S/C16H25ClN4/c1-3-20-16-15(12(2)19-20)18-14(10-11-17)21(16)13-8-6-4-5-7-9-13/h13H,3-11H2,1-2H3. The van der Waals surface area contributed by atoms with Crippen LogP contribution in [0.25, 0.3) is 11.2 Å². The highest BCUT2D eigenvalue weighted by Crippen LogP contribution is 2.32. The normalized spacial score (nSPS) is 17.5. The Hall–Kier alpha value is -1.03. The minimum Gasteiger partial charge on any atom is -0.310 e. The number of halogens is 1. The van der Waals surface area contributed by atoms with Gasteiger partial charge < -0.3 is 4.57 Å². The predicted molar refractivity (Wildman–Crippen MR) is 87.1 cm³/mol. The molecule has 0 aromatic carbocycles. The van der Waals surface area contributed by atoms with Crippen molar-refractivity contribution in [3.63, 3.8) is 0 Å². The van der Waals surface area contributed by atoms with Gasteiger partial charge in [0.1, 0.15) is 11.3 Å². The fraction of sp³-hybridized carbons (Fsp3) is 0.750. The summed E-state index contributed by atoms with van der Waals surface area (Å²) in [7, 11) is 0. The van der Waals surface area contributed by atoms with E-state index >= 15 is 0 Å². The van der Waals surface area contributed by atoms with Crippen molar-refractivity contribution in [2.45, 2.75) is 71.4 Å². The predicted octanol–water partition coefficient (Wildman–Crippen LogP) is 4.24. The Morgan fingerprint density at radius 2 is 1.90 bits per heavy atom. The van der Waals surface area contributed by atoms with E-state index in [1.54, 1.807) is 0 Å². The number of aryl methyl sites for hydroxylation is 3. The van der Waals surface area contributed by atoms with E-state index < -0.39 is 0 Å². The van der Waals surface area contributed by atoms with Crippen molar-refractivity contribution in [1.29, 1.82) is 0 Å². The molecule has 1 fully saturated rings.